The van der Waals surface area contributed by atoms with E-state index in [2.05, 4.69) is 59.1 Å². The summed E-state index contributed by atoms with van der Waals surface area (Å²) in [7, 11) is 0. The van der Waals surface area contributed by atoms with Gasteiger partial charge in [-0.2, -0.15) is 0 Å². The second kappa shape index (κ2) is 9.22. The Morgan fingerprint density at radius 3 is 2.00 bits per heavy atom. The Labute approximate surface area is 71.3 Å². The highest BCUT2D eigenvalue weighted by atomic mass is 13.9. The van der Waals surface area contributed by atoms with Crippen LogP contribution < -0.4 is 0 Å². The van der Waals surface area contributed by atoms with Crippen LogP contribution in [0.1, 0.15) is 27.7 Å². The molecule has 0 rings (SSSR count). The Bertz CT molecular complexity index is 127. The smallest absolute Gasteiger partial charge is 0.0287 e. The number of allylic oxidation sites excluding steroid dienone is 4. The minimum Gasteiger partial charge on any atom is -0.106 e. The molecule has 64 valence electrons. The van der Waals surface area contributed by atoms with Gasteiger partial charge in [0.1, 0.15) is 0 Å². The molecule has 11 heavy (non-hydrogen) atoms. The van der Waals surface area contributed by atoms with E-state index in [0.717, 1.165) is 0 Å². The van der Waals surface area contributed by atoms with Gasteiger partial charge in [-0.1, -0.05) is 37.6 Å². The van der Waals surface area contributed by atoms with Gasteiger partial charge in [-0.05, 0) is 19.8 Å². The molecule has 0 nitrogen and oxygen atoms in total. The standard InChI is InChI=1S/C9H16.C2H4/c1-5-9(4)7-6-8(2)3;1-2/h5-8H,1-4H3;1-2H2/b7-6-,9-5-;. The van der Waals surface area contributed by atoms with E-state index in [0.29, 0.717) is 5.92 Å². The van der Waals surface area contributed by atoms with E-state index in [1.165, 1.54) is 5.57 Å². The molecule has 0 saturated carbocycles. The largest absolute Gasteiger partial charge is 0.106 e. The van der Waals surface area contributed by atoms with Crippen molar-refractivity contribution in [1.82, 2.24) is 0 Å². The van der Waals surface area contributed by atoms with Gasteiger partial charge in [0.25, 0.3) is 0 Å². The summed E-state index contributed by atoms with van der Waals surface area (Å²) in [5, 5.41) is 0. The number of hydrogen-bond donors (Lipinski definition) is 0. The maximum Gasteiger partial charge on any atom is -0.0287 e. The SMILES string of the molecule is C/C=C(C)\C=C/C(C)C.C=C. The lowest BCUT2D eigenvalue weighted by Crippen LogP contribution is -1.76. The molecule has 0 aromatic carbocycles. The summed E-state index contributed by atoms with van der Waals surface area (Å²) in [6.45, 7) is 14.5. The topological polar surface area (TPSA) is 0 Å². The zero-order valence-electron chi connectivity index (χ0n) is 8.22. The molecule has 0 spiro atoms. The molecule has 0 heterocycles. The van der Waals surface area contributed by atoms with Gasteiger partial charge in [0, 0.05) is 0 Å². The highest BCUT2D eigenvalue weighted by Gasteiger charge is 1.82. The minimum atomic E-state index is 0.667. The molecule has 0 bridgehead atoms. The highest BCUT2D eigenvalue weighted by Crippen LogP contribution is 1.99. The predicted octanol–water partition coefficient (Wildman–Crippen LogP) is 3.97. The average molecular weight is 152 g/mol. The molecule has 0 heteroatoms. The zero-order valence-corrected chi connectivity index (χ0v) is 8.22. The predicted molar refractivity (Wildman–Crippen MR) is 54.7 cm³/mol. The first-order chi connectivity index (χ1) is 5.16. The van der Waals surface area contributed by atoms with Crippen molar-refractivity contribution in [1.29, 1.82) is 0 Å². The monoisotopic (exact) mass is 152 g/mol. The summed E-state index contributed by atoms with van der Waals surface area (Å²) in [5.74, 6) is 0.667. The summed E-state index contributed by atoms with van der Waals surface area (Å²) in [6, 6.07) is 0. The number of rotatable bonds is 2. The van der Waals surface area contributed by atoms with Gasteiger partial charge in [0.2, 0.25) is 0 Å². The minimum absolute atomic E-state index is 0.667. The maximum atomic E-state index is 3.00. The highest BCUT2D eigenvalue weighted by molar-refractivity contribution is 5.14. The summed E-state index contributed by atoms with van der Waals surface area (Å²) >= 11 is 0. The molecule has 0 saturated heterocycles. The number of hydrogen-bond acceptors (Lipinski definition) is 0. The summed E-state index contributed by atoms with van der Waals surface area (Å²) < 4.78 is 0. The quantitative estimate of drug-likeness (QED) is 0.415. The van der Waals surface area contributed by atoms with E-state index in [1.807, 2.05) is 0 Å². The van der Waals surface area contributed by atoms with E-state index in [1.54, 1.807) is 0 Å². The van der Waals surface area contributed by atoms with Crippen LogP contribution in [0.15, 0.2) is 37.0 Å². The molecule has 0 fully saturated rings. The van der Waals surface area contributed by atoms with Crippen LogP contribution in [0.5, 0.6) is 0 Å². The first-order valence-corrected chi connectivity index (χ1v) is 3.98. The molecule has 0 unspecified atom stereocenters. The van der Waals surface area contributed by atoms with Crippen molar-refractivity contribution in [3.63, 3.8) is 0 Å². The van der Waals surface area contributed by atoms with Crippen LogP contribution in [0.3, 0.4) is 0 Å². The van der Waals surface area contributed by atoms with E-state index in [4.69, 9.17) is 0 Å². The van der Waals surface area contributed by atoms with Crippen molar-refractivity contribution in [3.05, 3.63) is 37.0 Å². The fourth-order valence-corrected chi connectivity index (χ4v) is 0.440. The molecule has 0 atom stereocenters. The van der Waals surface area contributed by atoms with Crippen LogP contribution in [-0.2, 0) is 0 Å². The summed E-state index contributed by atoms with van der Waals surface area (Å²) in [6.07, 6.45) is 6.47. The Hall–Kier alpha value is -0.780. The van der Waals surface area contributed by atoms with Crippen molar-refractivity contribution in [2.45, 2.75) is 27.7 Å². The third-order valence-electron chi connectivity index (χ3n) is 1.20. The van der Waals surface area contributed by atoms with Gasteiger partial charge in [-0.15, -0.1) is 13.2 Å². The van der Waals surface area contributed by atoms with Crippen LogP contribution in [-0.4, -0.2) is 0 Å². The Kier molecular flexibility index (Phi) is 10.8. The molecule has 0 aliphatic heterocycles. The molecule has 0 aromatic rings. The Morgan fingerprint density at radius 1 is 1.27 bits per heavy atom. The van der Waals surface area contributed by atoms with Gasteiger partial charge in [-0.25, -0.2) is 0 Å². The van der Waals surface area contributed by atoms with Crippen molar-refractivity contribution >= 4 is 0 Å². The fraction of sp³-hybridized carbons (Fsp3) is 0.455. The fourth-order valence-electron chi connectivity index (χ4n) is 0.440. The molecular formula is C11H20. The van der Waals surface area contributed by atoms with E-state index in [9.17, 15) is 0 Å². The van der Waals surface area contributed by atoms with Crippen molar-refractivity contribution in [3.8, 4) is 0 Å². The van der Waals surface area contributed by atoms with E-state index < -0.39 is 0 Å². The molecule has 0 aliphatic carbocycles. The van der Waals surface area contributed by atoms with E-state index in [-0.39, 0.29) is 0 Å². The van der Waals surface area contributed by atoms with Crippen LogP contribution in [0.25, 0.3) is 0 Å². The average Bonchev–Trinajstić information content (AvgIpc) is 2.04. The zero-order chi connectivity index (χ0) is 9.28. The molecule has 0 aliphatic rings. The maximum absolute atomic E-state index is 3.00. The molecule has 0 radical (unpaired) electrons. The first kappa shape index (κ1) is 12.9. The second-order valence-electron chi connectivity index (χ2n) is 2.64. The van der Waals surface area contributed by atoms with Gasteiger partial charge >= 0.3 is 0 Å². The third kappa shape index (κ3) is 12.4. The molecule has 0 N–H and O–H groups in total. The van der Waals surface area contributed by atoms with Crippen LogP contribution >= 0.6 is 0 Å². The van der Waals surface area contributed by atoms with Crippen molar-refractivity contribution in [2.24, 2.45) is 5.92 Å². The van der Waals surface area contributed by atoms with E-state index >= 15 is 0 Å². The van der Waals surface area contributed by atoms with Crippen LogP contribution in [0.2, 0.25) is 0 Å². The normalized spacial score (nSPS) is 11.5. The third-order valence-corrected chi connectivity index (χ3v) is 1.20. The van der Waals surface area contributed by atoms with Crippen LogP contribution in [0, 0.1) is 5.92 Å². The lowest BCUT2D eigenvalue weighted by Gasteiger charge is -1.92. The summed E-state index contributed by atoms with van der Waals surface area (Å²) in [4.78, 5) is 0. The lowest BCUT2D eigenvalue weighted by atomic mass is 10.1. The summed E-state index contributed by atoms with van der Waals surface area (Å²) in [5.41, 5.74) is 1.34. The Morgan fingerprint density at radius 2 is 1.73 bits per heavy atom. The molecule has 0 amide bonds. The first-order valence-electron chi connectivity index (χ1n) is 3.98. The lowest BCUT2D eigenvalue weighted by molar-refractivity contribution is 0.831. The molecular weight excluding hydrogens is 132 g/mol. The molecule has 0 aromatic heterocycles. The van der Waals surface area contributed by atoms with Crippen molar-refractivity contribution in [2.75, 3.05) is 0 Å². The van der Waals surface area contributed by atoms with Gasteiger partial charge < -0.3 is 0 Å². The second-order valence-corrected chi connectivity index (χ2v) is 2.64. The Balaban J connectivity index is 0. The van der Waals surface area contributed by atoms with Gasteiger partial charge in [0.05, 0.1) is 0 Å². The van der Waals surface area contributed by atoms with Crippen molar-refractivity contribution < 1.29 is 0 Å². The van der Waals surface area contributed by atoms with Crippen LogP contribution in [0.4, 0.5) is 0 Å². The van der Waals surface area contributed by atoms with Gasteiger partial charge in [-0.3, -0.25) is 0 Å². The van der Waals surface area contributed by atoms with Gasteiger partial charge in [0.15, 0.2) is 0 Å².